The van der Waals surface area contributed by atoms with E-state index in [4.69, 9.17) is 28.9 Å². The van der Waals surface area contributed by atoms with Crippen molar-refractivity contribution in [3.63, 3.8) is 0 Å². The second kappa shape index (κ2) is 6.09. The Hall–Kier alpha value is -0.770. The molecule has 0 spiro atoms. The third-order valence-electron chi connectivity index (χ3n) is 2.21. The van der Waals surface area contributed by atoms with Crippen LogP contribution in [-0.2, 0) is 0 Å². The molecule has 0 aliphatic carbocycles. The van der Waals surface area contributed by atoms with E-state index in [-0.39, 0.29) is 5.91 Å². The minimum atomic E-state index is -0.0768. The lowest BCUT2D eigenvalue weighted by Gasteiger charge is -2.16. The molecular weight excluding hydrogens is 247 g/mol. The summed E-state index contributed by atoms with van der Waals surface area (Å²) >= 11 is 11.6. The molecule has 0 bridgehead atoms. The fourth-order valence-electron chi connectivity index (χ4n) is 1.28. The van der Waals surface area contributed by atoms with E-state index in [1.807, 2.05) is 0 Å². The standard InChI is InChI=1S/C11H14Cl2N2O/c1-15(6-2-5-14)11(16)8-3-4-9(12)10(13)7-8/h3-4,7H,2,5-6,14H2,1H3. The van der Waals surface area contributed by atoms with Crippen molar-refractivity contribution in [1.82, 2.24) is 4.90 Å². The molecule has 1 rings (SSSR count). The molecule has 1 amide bonds. The topological polar surface area (TPSA) is 46.3 Å². The summed E-state index contributed by atoms with van der Waals surface area (Å²) in [5.74, 6) is -0.0768. The smallest absolute Gasteiger partial charge is 0.253 e. The van der Waals surface area contributed by atoms with Crippen molar-refractivity contribution in [2.24, 2.45) is 5.73 Å². The van der Waals surface area contributed by atoms with E-state index in [1.54, 1.807) is 30.1 Å². The zero-order valence-electron chi connectivity index (χ0n) is 9.04. The highest BCUT2D eigenvalue weighted by Gasteiger charge is 2.12. The van der Waals surface area contributed by atoms with Crippen molar-refractivity contribution in [2.45, 2.75) is 6.42 Å². The number of carbonyl (C=O) groups excluding carboxylic acids is 1. The molecule has 0 fully saturated rings. The maximum absolute atomic E-state index is 11.9. The molecule has 0 aliphatic heterocycles. The number of nitrogens with two attached hydrogens (primary N) is 1. The highest BCUT2D eigenvalue weighted by molar-refractivity contribution is 6.42. The molecule has 3 nitrogen and oxygen atoms in total. The van der Waals surface area contributed by atoms with Gasteiger partial charge in [0.25, 0.3) is 5.91 Å². The lowest BCUT2D eigenvalue weighted by molar-refractivity contribution is 0.0794. The summed E-state index contributed by atoms with van der Waals surface area (Å²) < 4.78 is 0. The van der Waals surface area contributed by atoms with Gasteiger partial charge in [-0.15, -0.1) is 0 Å². The van der Waals surface area contributed by atoms with Crippen LogP contribution in [0, 0.1) is 0 Å². The molecule has 1 aromatic carbocycles. The average molecular weight is 261 g/mol. The van der Waals surface area contributed by atoms with E-state index >= 15 is 0 Å². The number of hydrogen-bond acceptors (Lipinski definition) is 2. The predicted octanol–water partition coefficient (Wildman–Crippen LogP) is 2.41. The van der Waals surface area contributed by atoms with Crippen LogP contribution < -0.4 is 5.73 Å². The third kappa shape index (κ3) is 3.37. The number of rotatable bonds is 4. The fraction of sp³-hybridized carbons (Fsp3) is 0.364. The predicted molar refractivity (Wildman–Crippen MR) is 67.1 cm³/mol. The summed E-state index contributed by atoms with van der Waals surface area (Å²) in [6.07, 6.45) is 0.781. The first kappa shape index (κ1) is 13.3. The first-order valence-electron chi connectivity index (χ1n) is 4.97. The number of carbonyl (C=O) groups is 1. The quantitative estimate of drug-likeness (QED) is 0.904. The molecule has 0 unspecified atom stereocenters. The Bertz CT molecular complexity index is 382. The van der Waals surface area contributed by atoms with Crippen molar-refractivity contribution in [3.05, 3.63) is 33.8 Å². The van der Waals surface area contributed by atoms with Gasteiger partial charge in [-0.1, -0.05) is 23.2 Å². The van der Waals surface area contributed by atoms with Gasteiger partial charge in [0.05, 0.1) is 10.0 Å². The Balaban J connectivity index is 2.76. The van der Waals surface area contributed by atoms with Crippen LogP contribution in [0.2, 0.25) is 10.0 Å². The van der Waals surface area contributed by atoms with Gasteiger partial charge in [0.2, 0.25) is 0 Å². The molecule has 0 aromatic heterocycles. The zero-order valence-corrected chi connectivity index (χ0v) is 10.6. The lowest BCUT2D eigenvalue weighted by Crippen LogP contribution is -2.28. The molecule has 0 aliphatic rings. The number of benzene rings is 1. The molecule has 0 saturated heterocycles. The van der Waals surface area contributed by atoms with Crippen LogP contribution in [0.4, 0.5) is 0 Å². The Morgan fingerprint density at radius 1 is 1.38 bits per heavy atom. The first-order chi connectivity index (χ1) is 7.56. The van der Waals surface area contributed by atoms with Crippen LogP contribution in [0.25, 0.3) is 0 Å². The highest BCUT2D eigenvalue weighted by atomic mass is 35.5. The van der Waals surface area contributed by atoms with Gasteiger partial charge >= 0.3 is 0 Å². The fourth-order valence-corrected chi connectivity index (χ4v) is 1.58. The molecule has 16 heavy (non-hydrogen) atoms. The second-order valence-corrected chi connectivity index (χ2v) is 4.31. The van der Waals surface area contributed by atoms with E-state index in [0.29, 0.717) is 28.7 Å². The summed E-state index contributed by atoms with van der Waals surface area (Å²) in [5, 5.41) is 0.836. The van der Waals surface area contributed by atoms with Gasteiger partial charge in [0, 0.05) is 19.2 Å². The molecular formula is C11H14Cl2N2O. The minimum Gasteiger partial charge on any atom is -0.342 e. The maximum Gasteiger partial charge on any atom is 0.253 e. The van der Waals surface area contributed by atoms with Gasteiger partial charge in [0.1, 0.15) is 0 Å². The highest BCUT2D eigenvalue weighted by Crippen LogP contribution is 2.23. The maximum atomic E-state index is 11.9. The Kier molecular flexibility index (Phi) is 5.06. The van der Waals surface area contributed by atoms with Crippen LogP contribution in [0.15, 0.2) is 18.2 Å². The van der Waals surface area contributed by atoms with Gasteiger partial charge in [-0.3, -0.25) is 4.79 Å². The Morgan fingerprint density at radius 3 is 2.62 bits per heavy atom. The van der Waals surface area contributed by atoms with E-state index in [2.05, 4.69) is 0 Å². The molecule has 2 N–H and O–H groups in total. The Morgan fingerprint density at radius 2 is 2.06 bits per heavy atom. The van der Waals surface area contributed by atoms with Crippen molar-refractivity contribution in [2.75, 3.05) is 20.1 Å². The van der Waals surface area contributed by atoms with Crippen LogP contribution in [0.1, 0.15) is 16.8 Å². The Labute approximate surface area is 105 Å². The second-order valence-electron chi connectivity index (χ2n) is 3.50. The number of amides is 1. The first-order valence-corrected chi connectivity index (χ1v) is 5.72. The summed E-state index contributed by atoms with van der Waals surface area (Å²) in [7, 11) is 1.74. The van der Waals surface area contributed by atoms with Crippen LogP contribution >= 0.6 is 23.2 Å². The molecule has 0 heterocycles. The molecule has 88 valence electrons. The number of hydrogen-bond donors (Lipinski definition) is 1. The van der Waals surface area contributed by atoms with E-state index in [9.17, 15) is 4.79 Å². The van der Waals surface area contributed by atoms with E-state index in [1.165, 1.54) is 0 Å². The molecule has 0 saturated carbocycles. The van der Waals surface area contributed by atoms with Crippen LogP contribution in [-0.4, -0.2) is 30.9 Å². The molecule has 1 aromatic rings. The summed E-state index contributed by atoms with van der Waals surface area (Å²) in [6.45, 7) is 1.20. The average Bonchev–Trinajstić information content (AvgIpc) is 2.28. The van der Waals surface area contributed by atoms with Crippen LogP contribution in [0.3, 0.4) is 0 Å². The van der Waals surface area contributed by atoms with Gasteiger partial charge in [-0.2, -0.15) is 0 Å². The van der Waals surface area contributed by atoms with Crippen LogP contribution in [0.5, 0.6) is 0 Å². The van der Waals surface area contributed by atoms with Gasteiger partial charge in [-0.05, 0) is 31.2 Å². The van der Waals surface area contributed by atoms with Gasteiger partial charge in [-0.25, -0.2) is 0 Å². The summed E-state index contributed by atoms with van der Waals surface area (Å²) in [4.78, 5) is 13.5. The van der Waals surface area contributed by atoms with Crippen molar-refractivity contribution in [3.8, 4) is 0 Å². The summed E-state index contributed by atoms with van der Waals surface area (Å²) in [6, 6.07) is 4.86. The largest absolute Gasteiger partial charge is 0.342 e. The summed E-state index contributed by atoms with van der Waals surface area (Å²) in [5.41, 5.74) is 5.92. The third-order valence-corrected chi connectivity index (χ3v) is 2.95. The zero-order chi connectivity index (χ0) is 12.1. The van der Waals surface area contributed by atoms with Gasteiger partial charge in [0.15, 0.2) is 0 Å². The number of halogens is 2. The lowest BCUT2D eigenvalue weighted by atomic mass is 10.2. The van der Waals surface area contributed by atoms with Gasteiger partial charge < -0.3 is 10.6 Å². The minimum absolute atomic E-state index is 0.0768. The van der Waals surface area contributed by atoms with Crippen molar-refractivity contribution in [1.29, 1.82) is 0 Å². The van der Waals surface area contributed by atoms with E-state index in [0.717, 1.165) is 6.42 Å². The molecule has 0 atom stereocenters. The molecule has 5 heteroatoms. The monoisotopic (exact) mass is 260 g/mol. The van der Waals surface area contributed by atoms with Crippen molar-refractivity contribution >= 4 is 29.1 Å². The van der Waals surface area contributed by atoms with E-state index < -0.39 is 0 Å². The van der Waals surface area contributed by atoms with Crippen molar-refractivity contribution < 1.29 is 4.79 Å². The SMILES string of the molecule is CN(CCCN)C(=O)c1ccc(Cl)c(Cl)c1. The molecule has 0 radical (unpaired) electrons. The number of nitrogens with zero attached hydrogens (tertiary/aromatic N) is 1. The normalized spacial score (nSPS) is 10.2.